The van der Waals surface area contributed by atoms with Gasteiger partial charge in [0.05, 0.1) is 17.1 Å². The number of nitrogens with zero attached hydrogens (tertiary/aromatic N) is 3. The van der Waals surface area contributed by atoms with Gasteiger partial charge in [-0.1, -0.05) is 41.9 Å². The first-order valence-corrected chi connectivity index (χ1v) is 11.7. The van der Waals surface area contributed by atoms with E-state index in [1.165, 1.54) is 12.0 Å². The molecule has 0 amide bonds. The van der Waals surface area contributed by atoms with Crippen LogP contribution in [0.2, 0.25) is 0 Å². The highest BCUT2D eigenvalue weighted by Gasteiger charge is 2.45. The third kappa shape index (κ3) is 4.45. The smallest absolute Gasteiger partial charge is 0.163 e. The van der Waals surface area contributed by atoms with Crippen molar-refractivity contribution in [3.05, 3.63) is 82.9 Å². The van der Waals surface area contributed by atoms with E-state index in [0.29, 0.717) is 12.0 Å². The minimum Gasteiger partial charge on any atom is -0.389 e. The van der Waals surface area contributed by atoms with Crippen LogP contribution in [0, 0.1) is 13.8 Å². The molecule has 1 spiro atoms. The Bertz CT molecular complexity index is 1210. The Kier molecular flexibility index (Phi) is 5.57. The van der Waals surface area contributed by atoms with Gasteiger partial charge in [-0.25, -0.2) is 0 Å². The molecule has 1 fully saturated rings. The average molecular weight is 440 g/mol. The van der Waals surface area contributed by atoms with Crippen LogP contribution < -0.4 is 0 Å². The lowest BCUT2D eigenvalue weighted by atomic mass is 9.76. The van der Waals surface area contributed by atoms with Gasteiger partial charge in [-0.3, -0.25) is 14.8 Å². The number of Topliss-reactive ketones (excluding diaryl/α,β-unsaturated/α-hetero) is 1. The van der Waals surface area contributed by atoms with Crippen molar-refractivity contribution < 1.29 is 9.63 Å². The van der Waals surface area contributed by atoms with E-state index in [2.05, 4.69) is 52.4 Å². The number of ketones is 1. The zero-order valence-corrected chi connectivity index (χ0v) is 19.5. The minimum absolute atomic E-state index is 0.0116. The van der Waals surface area contributed by atoms with Crippen LogP contribution in [0.1, 0.15) is 77.8 Å². The van der Waals surface area contributed by atoms with Crippen LogP contribution in [0.15, 0.2) is 60.0 Å². The maximum Gasteiger partial charge on any atom is 0.163 e. The third-order valence-electron chi connectivity index (χ3n) is 6.87. The molecule has 1 aromatic heterocycles. The molecular formula is C28H29N3O2. The van der Waals surface area contributed by atoms with E-state index in [1.807, 2.05) is 26.0 Å². The molecular weight excluding hydrogens is 410 g/mol. The largest absolute Gasteiger partial charge is 0.389 e. The number of hydrogen-bond acceptors (Lipinski definition) is 5. The van der Waals surface area contributed by atoms with Crippen molar-refractivity contribution in [2.24, 2.45) is 5.16 Å². The van der Waals surface area contributed by atoms with Crippen molar-refractivity contribution in [1.82, 2.24) is 9.97 Å². The molecule has 1 aliphatic heterocycles. The quantitative estimate of drug-likeness (QED) is 0.430. The monoisotopic (exact) mass is 439 g/mol. The standard InChI is InChI=1S/C28H29N3O2/c1-18-5-7-21(8-6-18)22-12-23(25-15-28(33-31-25)9-4-10-28)14-24(13-22)27(32)11-19(2)26-17-29-20(3)16-30-26/h5-8,12-14,16-17,19H,4,9-11,15H2,1-3H3/t19-/m0/s1. The van der Waals surface area contributed by atoms with Crippen molar-refractivity contribution in [3.8, 4) is 11.1 Å². The molecule has 2 aromatic carbocycles. The van der Waals surface area contributed by atoms with Crippen LogP contribution in [0.5, 0.6) is 0 Å². The number of hydrogen-bond donors (Lipinski definition) is 0. The molecule has 2 heterocycles. The Morgan fingerprint density at radius 1 is 1.00 bits per heavy atom. The topological polar surface area (TPSA) is 64.4 Å². The van der Waals surface area contributed by atoms with E-state index in [-0.39, 0.29) is 17.3 Å². The second kappa shape index (κ2) is 8.54. The van der Waals surface area contributed by atoms with Crippen molar-refractivity contribution in [2.75, 3.05) is 0 Å². The number of oxime groups is 1. The summed E-state index contributed by atoms with van der Waals surface area (Å²) >= 11 is 0. The molecule has 0 unspecified atom stereocenters. The Morgan fingerprint density at radius 2 is 1.76 bits per heavy atom. The Labute approximate surface area is 194 Å². The SMILES string of the molecule is Cc1ccc(-c2cc(C(=O)C[C@H](C)c3cnc(C)cn3)cc(C3=NOC4(CCC4)C3)c2)cc1. The van der Waals surface area contributed by atoms with Crippen LogP contribution in [0.25, 0.3) is 11.1 Å². The Morgan fingerprint density at radius 3 is 2.39 bits per heavy atom. The predicted octanol–water partition coefficient (Wildman–Crippen LogP) is 6.18. The summed E-state index contributed by atoms with van der Waals surface area (Å²) in [5, 5.41) is 4.43. The van der Waals surface area contributed by atoms with Crippen LogP contribution in [0.4, 0.5) is 0 Å². The Hall–Kier alpha value is -3.34. The van der Waals surface area contributed by atoms with Gasteiger partial charge in [0.1, 0.15) is 5.60 Å². The lowest BCUT2D eigenvalue weighted by Gasteiger charge is -2.34. The molecule has 1 saturated carbocycles. The fraction of sp³-hybridized carbons (Fsp3) is 0.357. The lowest BCUT2D eigenvalue weighted by Crippen LogP contribution is -2.36. The fourth-order valence-corrected chi connectivity index (χ4v) is 4.54. The van der Waals surface area contributed by atoms with Gasteiger partial charge in [-0.2, -0.15) is 0 Å². The summed E-state index contributed by atoms with van der Waals surface area (Å²) in [7, 11) is 0. The summed E-state index contributed by atoms with van der Waals surface area (Å²) in [6.07, 6.45) is 8.01. The molecule has 1 aliphatic carbocycles. The molecule has 5 nitrogen and oxygen atoms in total. The summed E-state index contributed by atoms with van der Waals surface area (Å²) in [6, 6.07) is 14.5. The number of benzene rings is 2. The molecule has 1 atom stereocenters. The molecule has 168 valence electrons. The summed E-state index contributed by atoms with van der Waals surface area (Å²) in [5.41, 5.74) is 7.53. The van der Waals surface area contributed by atoms with E-state index in [1.54, 1.807) is 12.4 Å². The minimum atomic E-state index is -0.113. The molecule has 0 saturated heterocycles. The summed E-state index contributed by atoms with van der Waals surface area (Å²) in [4.78, 5) is 28.0. The van der Waals surface area contributed by atoms with Crippen LogP contribution >= 0.6 is 0 Å². The zero-order valence-electron chi connectivity index (χ0n) is 19.5. The van der Waals surface area contributed by atoms with E-state index >= 15 is 0 Å². The maximum atomic E-state index is 13.4. The van der Waals surface area contributed by atoms with Gasteiger partial charge in [0, 0.05) is 42.3 Å². The van der Waals surface area contributed by atoms with Crippen molar-refractivity contribution >= 4 is 11.5 Å². The van der Waals surface area contributed by atoms with Gasteiger partial charge in [-0.15, -0.1) is 0 Å². The number of aryl methyl sites for hydroxylation is 2. The van der Waals surface area contributed by atoms with Crippen LogP contribution in [-0.4, -0.2) is 27.1 Å². The summed E-state index contributed by atoms with van der Waals surface area (Å²) in [5.74, 6) is 0.0837. The second-order valence-electron chi connectivity index (χ2n) is 9.62. The van der Waals surface area contributed by atoms with E-state index in [0.717, 1.165) is 53.1 Å². The summed E-state index contributed by atoms with van der Waals surface area (Å²) < 4.78 is 0. The third-order valence-corrected chi connectivity index (χ3v) is 6.87. The van der Waals surface area contributed by atoms with Gasteiger partial charge in [0.2, 0.25) is 0 Å². The highest BCUT2D eigenvalue weighted by Crippen LogP contribution is 2.43. The average Bonchev–Trinajstić information content (AvgIpc) is 3.26. The molecule has 5 rings (SSSR count). The van der Waals surface area contributed by atoms with E-state index in [4.69, 9.17) is 4.84 Å². The number of carbonyl (C=O) groups is 1. The van der Waals surface area contributed by atoms with Gasteiger partial charge >= 0.3 is 0 Å². The van der Waals surface area contributed by atoms with Crippen molar-refractivity contribution in [3.63, 3.8) is 0 Å². The molecule has 0 radical (unpaired) electrons. The van der Waals surface area contributed by atoms with Crippen molar-refractivity contribution in [1.29, 1.82) is 0 Å². The van der Waals surface area contributed by atoms with Crippen LogP contribution in [-0.2, 0) is 4.84 Å². The van der Waals surface area contributed by atoms with Crippen molar-refractivity contribution in [2.45, 2.75) is 64.4 Å². The second-order valence-corrected chi connectivity index (χ2v) is 9.62. The first-order valence-electron chi connectivity index (χ1n) is 11.7. The highest BCUT2D eigenvalue weighted by atomic mass is 16.7. The molecule has 5 heteroatoms. The number of aromatic nitrogens is 2. The maximum absolute atomic E-state index is 13.4. The first kappa shape index (κ1) is 21.5. The fourth-order valence-electron chi connectivity index (χ4n) is 4.54. The first-order chi connectivity index (χ1) is 15.9. The van der Waals surface area contributed by atoms with E-state index < -0.39 is 0 Å². The Balaban J connectivity index is 1.46. The van der Waals surface area contributed by atoms with Gasteiger partial charge in [0.15, 0.2) is 5.78 Å². The predicted molar refractivity (Wildman–Crippen MR) is 130 cm³/mol. The molecule has 2 aliphatic rings. The van der Waals surface area contributed by atoms with Gasteiger partial charge < -0.3 is 4.84 Å². The number of rotatable bonds is 6. The number of carbonyl (C=O) groups excluding carboxylic acids is 1. The van der Waals surface area contributed by atoms with Gasteiger partial charge in [0.25, 0.3) is 0 Å². The molecule has 33 heavy (non-hydrogen) atoms. The lowest BCUT2D eigenvalue weighted by molar-refractivity contribution is -0.0755. The molecule has 3 aromatic rings. The van der Waals surface area contributed by atoms with Gasteiger partial charge in [-0.05, 0) is 62.4 Å². The zero-order chi connectivity index (χ0) is 23.0. The highest BCUT2D eigenvalue weighted by molar-refractivity contribution is 6.06. The molecule has 0 bridgehead atoms. The van der Waals surface area contributed by atoms with Crippen LogP contribution in [0.3, 0.4) is 0 Å². The summed E-state index contributed by atoms with van der Waals surface area (Å²) in [6.45, 7) is 6.01. The van der Waals surface area contributed by atoms with E-state index in [9.17, 15) is 4.79 Å². The molecule has 0 N–H and O–H groups in total. The normalized spacial score (nSPS) is 17.2.